The highest BCUT2D eigenvalue weighted by Crippen LogP contribution is 2.20. The van der Waals surface area contributed by atoms with E-state index in [1.54, 1.807) is 0 Å². The average molecular weight is 230 g/mol. The van der Waals surface area contributed by atoms with E-state index >= 15 is 0 Å². The van der Waals surface area contributed by atoms with Gasteiger partial charge in [-0.3, -0.25) is 4.79 Å². The molecular formula is C10H12ClNOS. The molecule has 0 aliphatic carbocycles. The molecule has 0 spiro atoms. The van der Waals surface area contributed by atoms with Gasteiger partial charge in [-0.05, 0) is 25.5 Å². The van der Waals surface area contributed by atoms with Crippen LogP contribution < -0.4 is 5.32 Å². The number of thiophene rings is 1. The second kappa shape index (κ2) is 4.62. The normalized spacial score (nSPS) is 9.93. The highest BCUT2D eigenvalue weighted by atomic mass is 35.5. The van der Waals surface area contributed by atoms with Gasteiger partial charge in [-0.2, -0.15) is 0 Å². The summed E-state index contributed by atoms with van der Waals surface area (Å²) >= 11 is 7.03. The van der Waals surface area contributed by atoms with Crippen molar-refractivity contribution in [3.63, 3.8) is 0 Å². The highest BCUT2D eigenvalue weighted by Gasteiger charge is 2.09. The van der Waals surface area contributed by atoms with Crippen molar-refractivity contribution >= 4 is 28.8 Å². The van der Waals surface area contributed by atoms with E-state index in [1.807, 2.05) is 19.9 Å². The minimum absolute atomic E-state index is 0.0898. The molecule has 0 aromatic carbocycles. The molecule has 0 aliphatic heterocycles. The number of nitrogens with one attached hydrogen (secondary N) is 1. The van der Waals surface area contributed by atoms with Gasteiger partial charge in [0.2, 0.25) is 0 Å². The fourth-order valence-corrected chi connectivity index (χ4v) is 1.97. The Morgan fingerprint density at radius 1 is 1.64 bits per heavy atom. The summed E-state index contributed by atoms with van der Waals surface area (Å²) in [5.41, 5.74) is 1.14. The Kier molecular flexibility index (Phi) is 3.72. The third-order valence-corrected chi connectivity index (χ3v) is 3.12. The molecule has 0 saturated heterocycles. The lowest BCUT2D eigenvalue weighted by atomic mass is 10.3. The number of halogens is 1. The molecule has 0 aliphatic rings. The monoisotopic (exact) mass is 229 g/mol. The molecule has 14 heavy (non-hydrogen) atoms. The molecule has 0 atom stereocenters. The van der Waals surface area contributed by atoms with Crippen molar-refractivity contribution in [2.24, 2.45) is 0 Å². The van der Waals surface area contributed by atoms with Crippen LogP contribution in [0.5, 0.6) is 0 Å². The predicted octanol–water partition coefficient (Wildman–Crippen LogP) is 2.85. The molecule has 1 rings (SSSR count). The Labute approximate surface area is 92.6 Å². The first-order valence-electron chi connectivity index (χ1n) is 4.19. The first-order valence-corrected chi connectivity index (χ1v) is 5.38. The Morgan fingerprint density at radius 3 is 2.71 bits per heavy atom. The zero-order chi connectivity index (χ0) is 10.7. The SMILES string of the molecule is C=C(Cl)CNC(=O)c1cc(C)c(C)s1. The molecule has 0 bridgehead atoms. The van der Waals surface area contributed by atoms with Crippen LogP contribution in [-0.2, 0) is 0 Å². The highest BCUT2D eigenvalue weighted by molar-refractivity contribution is 7.14. The van der Waals surface area contributed by atoms with Crippen molar-refractivity contribution in [2.75, 3.05) is 6.54 Å². The van der Waals surface area contributed by atoms with Gasteiger partial charge in [0.15, 0.2) is 0 Å². The zero-order valence-corrected chi connectivity index (χ0v) is 9.76. The molecule has 1 heterocycles. The molecule has 4 heteroatoms. The quantitative estimate of drug-likeness (QED) is 0.849. The number of hydrogen-bond acceptors (Lipinski definition) is 2. The van der Waals surface area contributed by atoms with Crippen LogP contribution in [0.3, 0.4) is 0 Å². The van der Waals surface area contributed by atoms with Crippen molar-refractivity contribution in [1.29, 1.82) is 0 Å². The van der Waals surface area contributed by atoms with Gasteiger partial charge >= 0.3 is 0 Å². The average Bonchev–Trinajstić information content (AvgIpc) is 2.43. The van der Waals surface area contributed by atoms with E-state index < -0.39 is 0 Å². The van der Waals surface area contributed by atoms with Crippen LogP contribution >= 0.6 is 22.9 Å². The second-order valence-corrected chi connectivity index (χ2v) is 4.84. The van der Waals surface area contributed by atoms with Crippen LogP contribution in [0.4, 0.5) is 0 Å². The van der Waals surface area contributed by atoms with Crippen LogP contribution in [0.25, 0.3) is 0 Å². The topological polar surface area (TPSA) is 29.1 Å². The van der Waals surface area contributed by atoms with Gasteiger partial charge in [0, 0.05) is 9.91 Å². The van der Waals surface area contributed by atoms with E-state index in [9.17, 15) is 4.79 Å². The summed E-state index contributed by atoms with van der Waals surface area (Å²) in [6.07, 6.45) is 0. The van der Waals surface area contributed by atoms with Gasteiger partial charge in [-0.15, -0.1) is 11.3 Å². The summed E-state index contributed by atoms with van der Waals surface area (Å²) in [6.45, 7) is 7.80. The number of hydrogen-bond donors (Lipinski definition) is 1. The molecule has 0 saturated carbocycles. The maximum Gasteiger partial charge on any atom is 0.261 e. The second-order valence-electron chi connectivity index (χ2n) is 3.05. The lowest BCUT2D eigenvalue weighted by Crippen LogP contribution is -2.23. The molecule has 0 fully saturated rings. The van der Waals surface area contributed by atoms with Gasteiger partial charge in [0.25, 0.3) is 5.91 Å². The summed E-state index contributed by atoms with van der Waals surface area (Å²) in [5.74, 6) is -0.0898. The van der Waals surface area contributed by atoms with Crippen LogP contribution in [0.1, 0.15) is 20.1 Å². The molecule has 0 radical (unpaired) electrons. The van der Waals surface area contributed by atoms with Crippen LogP contribution in [-0.4, -0.2) is 12.5 Å². The first-order chi connectivity index (χ1) is 6.50. The smallest absolute Gasteiger partial charge is 0.261 e. The lowest BCUT2D eigenvalue weighted by molar-refractivity contribution is 0.0961. The van der Waals surface area contributed by atoms with E-state index in [2.05, 4.69) is 11.9 Å². The van der Waals surface area contributed by atoms with Gasteiger partial charge in [0.1, 0.15) is 0 Å². The van der Waals surface area contributed by atoms with E-state index in [0.29, 0.717) is 11.6 Å². The van der Waals surface area contributed by atoms with E-state index in [-0.39, 0.29) is 5.91 Å². The third-order valence-electron chi connectivity index (χ3n) is 1.83. The molecule has 0 unspecified atom stereocenters. The number of carbonyl (C=O) groups is 1. The Bertz CT molecular complexity index is 351. The van der Waals surface area contributed by atoms with Gasteiger partial charge in [0.05, 0.1) is 11.4 Å². The summed E-state index contributed by atoms with van der Waals surface area (Å²) in [7, 11) is 0. The number of aryl methyl sites for hydroxylation is 2. The molecule has 1 aromatic heterocycles. The fraction of sp³-hybridized carbons (Fsp3) is 0.300. The molecule has 76 valence electrons. The van der Waals surface area contributed by atoms with Crippen molar-refractivity contribution < 1.29 is 4.79 Å². The number of rotatable bonds is 3. The third kappa shape index (κ3) is 2.86. The van der Waals surface area contributed by atoms with E-state index in [4.69, 9.17) is 11.6 Å². The standard InChI is InChI=1S/C10H12ClNOS/c1-6-4-9(14-8(6)3)10(13)12-5-7(2)11/h4H,2,5H2,1,3H3,(H,12,13). The Morgan fingerprint density at radius 2 is 2.29 bits per heavy atom. The van der Waals surface area contributed by atoms with Crippen LogP contribution in [0.2, 0.25) is 0 Å². The maximum atomic E-state index is 11.5. The van der Waals surface area contributed by atoms with Crippen molar-refractivity contribution in [1.82, 2.24) is 5.32 Å². The minimum atomic E-state index is -0.0898. The Balaban J connectivity index is 2.65. The lowest BCUT2D eigenvalue weighted by Gasteiger charge is -2.00. The number of carbonyl (C=O) groups excluding carboxylic acids is 1. The molecule has 2 nitrogen and oxygen atoms in total. The van der Waals surface area contributed by atoms with Crippen molar-refractivity contribution in [3.05, 3.63) is 33.0 Å². The summed E-state index contributed by atoms with van der Waals surface area (Å²) in [4.78, 5) is 13.4. The zero-order valence-electron chi connectivity index (χ0n) is 8.19. The summed E-state index contributed by atoms with van der Waals surface area (Å²) in [6, 6.07) is 1.88. The molecule has 1 amide bonds. The molecule has 1 aromatic rings. The van der Waals surface area contributed by atoms with Crippen LogP contribution in [0.15, 0.2) is 17.7 Å². The number of amides is 1. The maximum absolute atomic E-state index is 11.5. The van der Waals surface area contributed by atoms with Gasteiger partial charge in [-0.1, -0.05) is 18.2 Å². The van der Waals surface area contributed by atoms with Crippen molar-refractivity contribution in [3.8, 4) is 0 Å². The summed E-state index contributed by atoms with van der Waals surface area (Å²) in [5, 5.41) is 3.11. The Hall–Kier alpha value is -0.800. The van der Waals surface area contributed by atoms with Crippen molar-refractivity contribution in [2.45, 2.75) is 13.8 Å². The largest absolute Gasteiger partial charge is 0.346 e. The molecular weight excluding hydrogens is 218 g/mol. The summed E-state index contributed by atoms with van der Waals surface area (Å²) < 4.78 is 0. The van der Waals surface area contributed by atoms with Crippen LogP contribution in [0, 0.1) is 13.8 Å². The van der Waals surface area contributed by atoms with Gasteiger partial charge < -0.3 is 5.32 Å². The van der Waals surface area contributed by atoms with Gasteiger partial charge in [-0.25, -0.2) is 0 Å². The van der Waals surface area contributed by atoms with E-state index in [0.717, 1.165) is 10.4 Å². The fourth-order valence-electron chi connectivity index (χ4n) is 0.948. The predicted molar refractivity (Wildman–Crippen MR) is 61.1 cm³/mol. The molecule has 1 N–H and O–H groups in total. The van der Waals surface area contributed by atoms with E-state index in [1.165, 1.54) is 16.2 Å². The minimum Gasteiger partial charge on any atom is -0.346 e. The first kappa shape index (κ1) is 11.3.